The third-order valence-electron chi connectivity index (χ3n) is 7.20. The summed E-state index contributed by atoms with van der Waals surface area (Å²) in [5, 5.41) is 0. The summed E-state index contributed by atoms with van der Waals surface area (Å²) in [5.74, 6) is 0.753. The predicted octanol–water partition coefficient (Wildman–Crippen LogP) is 7.51. The Bertz CT molecular complexity index is 1140. The van der Waals surface area contributed by atoms with Gasteiger partial charge in [0.1, 0.15) is 5.82 Å². The minimum Gasteiger partial charge on any atom is -0.373 e. The molecule has 0 aliphatic carbocycles. The van der Waals surface area contributed by atoms with Crippen molar-refractivity contribution in [1.29, 1.82) is 0 Å². The highest BCUT2D eigenvalue weighted by Crippen LogP contribution is 2.37. The van der Waals surface area contributed by atoms with E-state index in [-0.39, 0.29) is 22.5 Å². The number of ether oxygens (including phenoxy) is 1. The molecule has 3 aromatic rings. The summed E-state index contributed by atoms with van der Waals surface area (Å²) in [6.07, 6.45) is 3.13. The van der Waals surface area contributed by atoms with E-state index in [1.165, 1.54) is 5.56 Å². The first kappa shape index (κ1) is 27.3. The van der Waals surface area contributed by atoms with Gasteiger partial charge in [0.25, 0.3) is 5.56 Å². The molecule has 5 heteroatoms. The molecule has 2 aromatic carbocycles. The maximum absolute atomic E-state index is 13.3. The number of aryl methyl sites for hydroxylation is 1. The van der Waals surface area contributed by atoms with Gasteiger partial charge in [-0.15, -0.1) is 0 Å². The summed E-state index contributed by atoms with van der Waals surface area (Å²) < 4.78 is 7.38. The maximum atomic E-state index is 13.3. The molecule has 0 saturated heterocycles. The lowest BCUT2D eigenvalue weighted by atomic mass is 9.75. The van der Waals surface area contributed by atoms with Crippen LogP contribution >= 0.6 is 15.9 Å². The van der Waals surface area contributed by atoms with Gasteiger partial charge < -0.3 is 9.72 Å². The summed E-state index contributed by atoms with van der Waals surface area (Å²) in [6, 6.07) is 18.6. The van der Waals surface area contributed by atoms with Crippen LogP contribution in [0.1, 0.15) is 82.1 Å². The van der Waals surface area contributed by atoms with Gasteiger partial charge in [0.15, 0.2) is 0 Å². The average Bonchev–Trinajstić information content (AvgIpc) is 2.82. The Morgan fingerprint density at radius 2 is 1.63 bits per heavy atom. The first-order valence-corrected chi connectivity index (χ1v) is 13.4. The third-order valence-corrected chi connectivity index (χ3v) is 7.72. The molecular formula is C30H39BrN2O2. The number of aromatic amines is 1. The number of benzene rings is 2. The second-order valence-corrected chi connectivity index (χ2v) is 11.4. The van der Waals surface area contributed by atoms with E-state index in [9.17, 15) is 4.79 Å². The molecular weight excluding hydrogens is 500 g/mol. The third kappa shape index (κ3) is 6.50. The van der Waals surface area contributed by atoms with E-state index >= 15 is 0 Å². The molecule has 1 heterocycles. The Kier molecular flexibility index (Phi) is 9.11. The van der Waals surface area contributed by atoms with Gasteiger partial charge in [0.05, 0.1) is 18.1 Å². The van der Waals surface area contributed by atoms with Gasteiger partial charge in [-0.2, -0.15) is 0 Å². The van der Waals surface area contributed by atoms with Crippen LogP contribution in [-0.4, -0.2) is 16.1 Å². The van der Waals surface area contributed by atoms with E-state index in [0.29, 0.717) is 13.0 Å². The summed E-state index contributed by atoms with van der Waals surface area (Å²) in [5.41, 5.74) is 3.49. The van der Waals surface area contributed by atoms with Crippen LogP contribution in [0.15, 0.2) is 63.9 Å². The molecule has 0 radical (unpaired) electrons. The fraction of sp³-hybridized carbons (Fsp3) is 0.467. The highest BCUT2D eigenvalue weighted by atomic mass is 79.9. The second kappa shape index (κ2) is 11.7. The van der Waals surface area contributed by atoms with Crippen molar-refractivity contribution < 1.29 is 4.74 Å². The Labute approximate surface area is 218 Å². The molecule has 4 nitrogen and oxygen atoms in total. The number of nitrogens with zero attached hydrogens (tertiary/aromatic N) is 1. The predicted molar refractivity (Wildman–Crippen MR) is 148 cm³/mol. The number of hydrogen-bond donors (Lipinski definition) is 1. The smallest absolute Gasteiger partial charge is 0.254 e. The van der Waals surface area contributed by atoms with Gasteiger partial charge in [-0.25, -0.2) is 4.98 Å². The first-order chi connectivity index (χ1) is 16.6. The quantitative estimate of drug-likeness (QED) is 0.290. The monoisotopic (exact) mass is 538 g/mol. The molecule has 1 N–H and O–H groups in total. The zero-order chi connectivity index (χ0) is 25.6. The Morgan fingerprint density at radius 3 is 2.17 bits per heavy atom. The number of rotatable bonds is 10. The van der Waals surface area contributed by atoms with Crippen LogP contribution in [0, 0.1) is 12.3 Å². The summed E-state index contributed by atoms with van der Waals surface area (Å²) in [7, 11) is 0. The lowest BCUT2D eigenvalue weighted by Gasteiger charge is -2.32. The summed E-state index contributed by atoms with van der Waals surface area (Å²) in [6.45, 7) is 13.4. The van der Waals surface area contributed by atoms with Crippen molar-refractivity contribution in [2.75, 3.05) is 0 Å². The van der Waals surface area contributed by atoms with Crippen molar-refractivity contribution in [1.82, 2.24) is 9.97 Å². The number of aromatic nitrogens is 2. The number of hydrogen-bond acceptors (Lipinski definition) is 3. The highest BCUT2D eigenvalue weighted by molar-refractivity contribution is 9.10. The molecule has 3 rings (SSSR count). The van der Waals surface area contributed by atoms with Crippen LogP contribution in [0.25, 0.3) is 0 Å². The van der Waals surface area contributed by atoms with Crippen molar-refractivity contribution in [3.63, 3.8) is 0 Å². The topological polar surface area (TPSA) is 55.0 Å². The zero-order valence-corrected chi connectivity index (χ0v) is 23.5. The summed E-state index contributed by atoms with van der Waals surface area (Å²) >= 11 is 3.53. The van der Waals surface area contributed by atoms with Crippen LogP contribution in [0.3, 0.4) is 0 Å². The molecule has 35 heavy (non-hydrogen) atoms. The van der Waals surface area contributed by atoms with Crippen molar-refractivity contribution in [3.05, 3.63) is 97.6 Å². The standard InChI is InChI=1S/C30H39BrN2O2/c1-7-30(8-2,23-14-16-24(31)17-15-23)28-32-21(3)25(27(34)33-28)18-19-26(29(4,5)6)35-20-22-12-10-9-11-13-22/h9-17,26H,7-8,18-20H2,1-6H3,(H,32,33,34). The van der Waals surface area contributed by atoms with E-state index in [0.717, 1.165) is 46.4 Å². The van der Waals surface area contributed by atoms with E-state index in [2.05, 4.69) is 91.9 Å². The maximum Gasteiger partial charge on any atom is 0.254 e. The SMILES string of the molecule is CCC(CC)(c1ccc(Br)cc1)c1nc(C)c(CCC(OCc2ccccc2)C(C)(C)C)c(=O)[nH]1. The van der Waals surface area contributed by atoms with Gasteiger partial charge in [0, 0.05) is 15.7 Å². The van der Waals surface area contributed by atoms with Gasteiger partial charge in [-0.1, -0.05) is 93.0 Å². The normalized spacial score (nSPS) is 13.1. The molecule has 0 spiro atoms. The molecule has 0 aliphatic heterocycles. The van der Waals surface area contributed by atoms with Crippen LogP contribution < -0.4 is 5.56 Å². The Morgan fingerprint density at radius 1 is 1.00 bits per heavy atom. The summed E-state index contributed by atoms with van der Waals surface area (Å²) in [4.78, 5) is 21.5. The molecule has 188 valence electrons. The fourth-order valence-electron chi connectivity index (χ4n) is 4.84. The molecule has 1 aromatic heterocycles. The van der Waals surface area contributed by atoms with Crippen LogP contribution in [-0.2, 0) is 23.2 Å². The molecule has 1 atom stereocenters. The molecule has 0 amide bonds. The molecule has 0 aliphatic rings. The highest BCUT2D eigenvalue weighted by Gasteiger charge is 2.34. The number of halogens is 1. The van der Waals surface area contributed by atoms with Crippen LogP contribution in [0.2, 0.25) is 0 Å². The number of nitrogens with one attached hydrogen (secondary N) is 1. The van der Waals surface area contributed by atoms with Crippen molar-refractivity contribution in [3.8, 4) is 0 Å². The Hall–Kier alpha value is -2.24. The lowest BCUT2D eigenvalue weighted by Crippen LogP contribution is -2.34. The molecule has 0 bridgehead atoms. The average molecular weight is 540 g/mol. The van der Waals surface area contributed by atoms with Gasteiger partial charge in [0.2, 0.25) is 0 Å². The molecule has 1 unspecified atom stereocenters. The van der Waals surface area contributed by atoms with Gasteiger partial charge in [-0.05, 0) is 61.3 Å². The lowest BCUT2D eigenvalue weighted by molar-refractivity contribution is -0.0327. The van der Waals surface area contributed by atoms with Crippen molar-refractivity contribution >= 4 is 15.9 Å². The first-order valence-electron chi connectivity index (χ1n) is 12.6. The molecule has 0 saturated carbocycles. The van der Waals surface area contributed by atoms with Crippen molar-refractivity contribution in [2.24, 2.45) is 5.41 Å². The Balaban J connectivity index is 1.84. The van der Waals surface area contributed by atoms with Gasteiger partial charge in [-0.3, -0.25) is 4.79 Å². The van der Waals surface area contributed by atoms with Crippen LogP contribution in [0.4, 0.5) is 0 Å². The van der Waals surface area contributed by atoms with Crippen molar-refractivity contribution in [2.45, 2.75) is 85.4 Å². The van der Waals surface area contributed by atoms with Crippen LogP contribution in [0.5, 0.6) is 0 Å². The largest absolute Gasteiger partial charge is 0.373 e. The number of H-pyrrole nitrogens is 1. The van der Waals surface area contributed by atoms with E-state index < -0.39 is 0 Å². The zero-order valence-electron chi connectivity index (χ0n) is 22.0. The van der Waals surface area contributed by atoms with Gasteiger partial charge >= 0.3 is 0 Å². The van der Waals surface area contributed by atoms with E-state index in [1.807, 2.05) is 25.1 Å². The van der Waals surface area contributed by atoms with E-state index in [4.69, 9.17) is 9.72 Å². The van der Waals surface area contributed by atoms with E-state index in [1.54, 1.807) is 0 Å². The minimum atomic E-state index is -0.324. The fourth-order valence-corrected chi connectivity index (χ4v) is 5.11. The minimum absolute atomic E-state index is 0.0225. The molecule has 0 fully saturated rings. The second-order valence-electron chi connectivity index (χ2n) is 10.5.